The van der Waals surface area contributed by atoms with E-state index in [-0.39, 0.29) is 6.42 Å². The second kappa shape index (κ2) is 6.64. The Morgan fingerprint density at radius 1 is 1.09 bits per heavy atom. The summed E-state index contributed by atoms with van der Waals surface area (Å²) in [7, 11) is 0. The van der Waals surface area contributed by atoms with Gasteiger partial charge in [0.2, 0.25) is 6.29 Å². The zero-order valence-corrected chi connectivity index (χ0v) is 13.8. The van der Waals surface area contributed by atoms with Gasteiger partial charge in [-0.25, -0.2) is 0 Å². The summed E-state index contributed by atoms with van der Waals surface area (Å²) >= 11 is 12.1. The molecule has 0 saturated heterocycles. The average Bonchev–Trinajstić information content (AvgIpc) is 2.49. The van der Waals surface area contributed by atoms with Gasteiger partial charge in [0.25, 0.3) is 0 Å². The number of aldehydes is 1. The fourth-order valence-corrected chi connectivity index (χ4v) is 3.19. The minimum Gasteiger partial charge on any atom is -0.303 e. The molecular weight excluding hydrogens is 319 g/mol. The van der Waals surface area contributed by atoms with E-state index in [9.17, 15) is 9.59 Å². The van der Waals surface area contributed by atoms with E-state index in [2.05, 4.69) is 6.29 Å². The Hall–Kier alpha value is -1.64. The lowest BCUT2D eigenvalue weighted by atomic mass is 9.70. The highest BCUT2D eigenvalue weighted by Crippen LogP contribution is 2.39. The third kappa shape index (κ3) is 2.81. The summed E-state index contributed by atoms with van der Waals surface area (Å²) in [6.45, 7) is 3.83. The summed E-state index contributed by atoms with van der Waals surface area (Å²) < 4.78 is 0. The third-order valence-electron chi connectivity index (χ3n) is 3.88. The van der Waals surface area contributed by atoms with E-state index in [4.69, 9.17) is 23.2 Å². The highest BCUT2D eigenvalue weighted by molar-refractivity contribution is 6.42. The Bertz CT molecular complexity index is 705. The van der Waals surface area contributed by atoms with Crippen LogP contribution in [0, 0.1) is 13.8 Å². The number of hydrogen-bond donors (Lipinski definition) is 0. The van der Waals surface area contributed by atoms with Crippen LogP contribution in [0.3, 0.4) is 0 Å². The van der Waals surface area contributed by atoms with Crippen LogP contribution in [0.25, 0.3) is 0 Å². The monoisotopic (exact) mass is 333 g/mol. The molecule has 113 valence electrons. The van der Waals surface area contributed by atoms with Crippen LogP contribution in [0.4, 0.5) is 0 Å². The minimum atomic E-state index is -1.18. The third-order valence-corrected chi connectivity index (χ3v) is 4.62. The van der Waals surface area contributed by atoms with Crippen molar-refractivity contribution in [3.63, 3.8) is 0 Å². The molecule has 2 nitrogen and oxygen atoms in total. The molecule has 0 aliphatic carbocycles. The van der Waals surface area contributed by atoms with E-state index in [1.807, 2.05) is 32.0 Å². The predicted octanol–water partition coefficient (Wildman–Crippen LogP) is 4.60. The molecule has 1 radical (unpaired) electrons. The van der Waals surface area contributed by atoms with Gasteiger partial charge in [-0.1, -0.05) is 47.5 Å². The van der Waals surface area contributed by atoms with Crippen molar-refractivity contribution in [1.29, 1.82) is 0 Å². The molecule has 0 aliphatic rings. The molecule has 0 spiro atoms. The van der Waals surface area contributed by atoms with Gasteiger partial charge in [0, 0.05) is 6.42 Å². The van der Waals surface area contributed by atoms with E-state index < -0.39 is 5.41 Å². The Labute approximate surface area is 140 Å². The molecule has 1 atom stereocenters. The van der Waals surface area contributed by atoms with Crippen LogP contribution in [0.1, 0.15) is 28.7 Å². The van der Waals surface area contributed by atoms with Crippen molar-refractivity contribution < 1.29 is 9.59 Å². The van der Waals surface area contributed by atoms with Gasteiger partial charge in [-0.2, -0.15) is 0 Å². The lowest BCUT2D eigenvalue weighted by Crippen LogP contribution is -2.32. The summed E-state index contributed by atoms with van der Waals surface area (Å²) in [6.07, 6.45) is 2.83. The smallest absolute Gasteiger partial charge is 0.215 e. The second-order valence-corrected chi connectivity index (χ2v) is 6.09. The van der Waals surface area contributed by atoms with Crippen LogP contribution in [0.15, 0.2) is 36.4 Å². The maximum absolute atomic E-state index is 12.0. The lowest BCUT2D eigenvalue weighted by Gasteiger charge is -2.30. The van der Waals surface area contributed by atoms with Crippen molar-refractivity contribution in [3.05, 3.63) is 68.7 Å². The summed E-state index contributed by atoms with van der Waals surface area (Å²) in [4.78, 5) is 23.2. The zero-order chi connectivity index (χ0) is 16.3. The SMILES string of the molecule is Cc1cccc(C)c1C([C]=O)(CC=O)c1ccc(Cl)c(Cl)c1. The van der Waals surface area contributed by atoms with Crippen LogP contribution >= 0.6 is 23.2 Å². The van der Waals surface area contributed by atoms with Gasteiger partial charge in [-0.3, -0.25) is 4.79 Å². The van der Waals surface area contributed by atoms with Crippen molar-refractivity contribution in [2.45, 2.75) is 25.7 Å². The molecule has 0 heterocycles. The van der Waals surface area contributed by atoms with Crippen LogP contribution in [0.5, 0.6) is 0 Å². The molecule has 0 bridgehead atoms. The number of hydrogen-bond acceptors (Lipinski definition) is 2. The highest BCUT2D eigenvalue weighted by Gasteiger charge is 2.37. The van der Waals surface area contributed by atoms with Crippen molar-refractivity contribution in [2.24, 2.45) is 0 Å². The molecule has 0 amide bonds. The Morgan fingerprint density at radius 2 is 1.73 bits per heavy atom. The van der Waals surface area contributed by atoms with Gasteiger partial charge >= 0.3 is 0 Å². The zero-order valence-electron chi connectivity index (χ0n) is 12.3. The minimum absolute atomic E-state index is 0.000153. The van der Waals surface area contributed by atoms with Crippen LogP contribution in [-0.2, 0) is 15.0 Å². The summed E-state index contributed by atoms with van der Waals surface area (Å²) in [5, 5.41) is 0.744. The first-order valence-electron chi connectivity index (χ1n) is 6.81. The van der Waals surface area contributed by atoms with Gasteiger partial charge in [-0.05, 0) is 48.2 Å². The summed E-state index contributed by atoms with van der Waals surface area (Å²) in [5.74, 6) is 0. The van der Waals surface area contributed by atoms with Crippen molar-refractivity contribution in [2.75, 3.05) is 0 Å². The maximum atomic E-state index is 12.0. The molecule has 2 rings (SSSR count). The molecule has 0 aromatic heterocycles. The van der Waals surface area contributed by atoms with E-state index in [1.54, 1.807) is 18.2 Å². The second-order valence-electron chi connectivity index (χ2n) is 5.27. The van der Waals surface area contributed by atoms with Gasteiger partial charge in [0.15, 0.2) is 0 Å². The van der Waals surface area contributed by atoms with Gasteiger partial charge in [-0.15, -0.1) is 0 Å². The number of rotatable bonds is 5. The molecule has 2 aromatic rings. The standard InChI is InChI=1S/C18H15Cl2O2/c1-12-4-3-5-13(2)17(12)18(11-22,8-9-21)14-6-7-15(19)16(20)10-14/h3-7,9-10H,8H2,1-2H3. The van der Waals surface area contributed by atoms with E-state index >= 15 is 0 Å². The van der Waals surface area contributed by atoms with Crippen molar-refractivity contribution >= 4 is 35.8 Å². The molecule has 1 unspecified atom stereocenters. The van der Waals surface area contributed by atoms with Crippen molar-refractivity contribution in [1.82, 2.24) is 0 Å². The Balaban J connectivity index is 2.80. The predicted molar refractivity (Wildman–Crippen MR) is 89.5 cm³/mol. The van der Waals surface area contributed by atoms with Crippen molar-refractivity contribution in [3.8, 4) is 0 Å². The number of benzene rings is 2. The Morgan fingerprint density at radius 3 is 2.23 bits per heavy atom. The quantitative estimate of drug-likeness (QED) is 0.749. The fraction of sp³-hybridized carbons (Fsp3) is 0.222. The number of aryl methyl sites for hydroxylation is 2. The maximum Gasteiger partial charge on any atom is 0.215 e. The van der Waals surface area contributed by atoms with E-state index in [1.165, 1.54) is 0 Å². The first kappa shape index (κ1) is 16.7. The van der Waals surface area contributed by atoms with E-state index in [0.29, 0.717) is 15.6 Å². The molecule has 0 N–H and O–H groups in total. The van der Waals surface area contributed by atoms with Crippen LogP contribution in [-0.4, -0.2) is 12.6 Å². The molecule has 0 aliphatic heterocycles. The molecule has 22 heavy (non-hydrogen) atoms. The highest BCUT2D eigenvalue weighted by atomic mass is 35.5. The first-order chi connectivity index (χ1) is 10.5. The largest absolute Gasteiger partial charge is 0.303 e. The van der Waals surface area contributed by atoms with Crippen LogP contribution in [0.2, 0.25) is 10.0 Å². The number of carbonyl (C=O) groups excluding carboxylic acids is 2. The first-order valence-corrected chi connectivity index (χ1v) is 7.57. The normalized spacial score (nSPS) is 13.5. The van der Waals surface area contributed by atoms with Crippen LogP contribution < -0.4 is 0 Å². The summed E-state index contributed by atoms with van der Waals surface area (Å²) in [6, 6.07) is 10.7. The van der Waals surface area contributed by atoms with E-state index in [0.717, 1.165) is 23.0 Å². The number of carbonyl (C=O) groups is 1. The Kier molecular flexibility index (Phi) is 5.05. The topological polar surface area (TPSA) is 34.1 Å². The average molecular weight is 334 g/mol. The summed E-state index contributed by atoms with van der Waals surface area (Å²) in [5.41, 5.74) is 2.08. The van der Waals surface area contributed by atoms with Gasteiger partial charge in [0.05, 0.1) is 15.5 Å². The molecule has 0 saturated carbocycles. The fourth-order valence-electron chi connectivity index (χ4n) is 2.89. The van der Waals surface area contributed by atoms with Gasteiger partial charge in [0.1, 0.15) is 6.29 Å². The molecule has 4 heteroatoms. The molecule has 2 aromatic carbocycles. The molecule has 0 fully saturated rings. The molecular formula is C18H15Cl2O2. The van der Waals surface area contributed by atoms with Gasteiger partial charge < -0.3 is 4.79 Å². The number of halogens is 2. The lowest BCUT2D eigenvalue weighted by molar-refractivity contribution is -0.108.